The molecule has 0 aliphatic carbocycles. The molecule has 0 bridgehead atoms. The van der Waals surface area contributed by atoms with Gasteiger partial charge in [-0.1, -0.05) is 0 Å². The number of aliphatic imine (C=N–C) groups is 1. The number of piperidine rings is 1. The summed E-state index contributed by atoms with van der Waals surface area (Å²) in [4.78, 5) is 18.6. The third-order valence-electron chi connectivity index (χ3n) is 4.24. The minimum Gasteiger partial charge on any atom is -0.465 e. The molecular weight excluding hydrogens is 449 g/mol. The number of furan rings is 1. The second-order valence-corrected chi connectivity index (χ2v) is 5.99. The number of aryl methyl sites for hydroxylation is 1. The van der Waals surface area contributed by atoms with Gasteiger partial charge in [0.15, 0.2) is 5.96 Å². The number of likely N-dealkylation sites (tertiary alicyclic amines) is 1. The number of esters is 1. The van der Waals surface area contributed by atoms with Crippen LogP contribution in [-0.2, 0) is 16.0 Å². The Morgan fingerprint density at radius 2 is 2.08 bits per heavy atom. The van der Waals surface area contributed by atoms with Gasteiger partial charge in [-0.3, -0.25) is 0 Å². The smallest absolute Gasteiger partial charge is 0.341 e. The van der Waals surface area contributed by atoms with Gasteiger partial charge in [0, 0.05) is 26.2 Å². The van der Waals surface area contributed by atoms with Crippen LogP contribution in [0, 0.1) is 6.92 Å². The van der Waals surface area contributed by atoms with Crippen LogP contribution in [0.25, 0.3) is 0 Å². The molecule has 2 heterocycles. The number of carbonyl (C=O) groups is 1. The summed E-state index contributed by atoms with van der Waals surface area (Å²) < 4.78 is 16.1. The first-order chi connectivity index (χ1) is 12.1. The Morgan fingerprint density at radius 1 is 1.38 bits per heavy atom. The molecule has 26 heavy (non-hydrogen) atoms. The summed E-state index contributed by atoms with van der Waals surface area (Å²) in [6.07, 6.45) is 2.36. The number of methoxy groups -OCH3 is 1. The predicted molar refractivity (Wildman–Crippen MR) is 111 cm³/mol. The van der Waals surface area contributed by atoms with E-state index in [-0.39, 0.29) is 29.9 Å². The first kappa shape index (κ1) is 22.8. The van der Waals surface area contributed by atoms with E-state index >= 15 is 0 Å². The van der Waals surface area contributed by atoms with Crippen LogP contribution < -0.4 is 5.32 Å². The van der Waals surface area contributed by atoms with Crippen molar-refractivity contribution in [1.29, 1.82) is 0 Å². The van der Waals surface area contributed by atoms with Gasteiger partial charge in [0.2, 0.25) is 0 Å². The Bertz CT molecular complexity index is 595. The first-order valence-corrected chi connectivity index (χ1v) is 8.91. The number of halogens is 1. The maximum Gasteiger partial charge on any atom is 0.341 e. The molecule has 0 unspecified atom stereocenters. The van der Waals surface area contributed by atoms with E-state index in [1.54, 1.807) is 13.0 Å². The van der Waals surface area contributed by atoms with Crippen LogP contribution in [-0.4, -0.2) is 56.3 Å². The standard InChI is InChI=1S/C18H29N3O4.HI/c1-5-19-18(21-9-7-14(8-10-21)24-6-2)20-12-15-11-16(13(3)25-15)17(22)23-4;/h11,14H,5-10,12H2,1-4H3,(H,19,20);1H. The van der Waals surface area contributed by atoms with Crippen molar-refractivity contribution in [2.75, 3.05) is 33.4 Å². The van der Waals surface area contributed by atoms with Crippen molar-refractivity contribution in [2.24, 2.45) is 4.99 Å². The van der Waals surface area contributed by atoms with Crippen LogP contribution in [0.5, 0.6) is 0 Å². The van der Waals surface area contributed by atoms with Crippen molar-refractivity contribution in [3.8, 4) is 0 Å². The third kappa shape index (κ3) is 6.15. The Hall–Kier alpha value is -1.29. The number of guanidine groups is 1. The van der Waals surface area contributed by atoms with E-state index in [4.69, 9.17) is 13.9 Å². The highest BCUT2D eigenvalue weighted by atomic mass is 127. The number of nitrogens with one attached hydrogen (secondary N) is 1. The fraction of sp³-hybridized carbons (Fsp3) is 0.667. The fourth-order valence-electron chi connectivity index (χ4n) is 2.98. The molecule has 0 atom stereocenters. The number of hydrogen-bond donors (Lipinski definition) is 1. The second-order valence-electron chi connectivity index (χ2n) is 5.99. The summed E-state index contributed by atoms with van der Waals surface area (Å²) in [6, 6.07) is 1.70. The van der Waals surface area contributed by atoms with Crippen LogP contribution in [0.1, 0.15) is 48.6 Å². The van der Waals surface area contributed by atoms with Gasteiger partial charge in [-0.2, -0.15) is 0 Å². The molecule has 0 amide bonds. The van der Waals surface area contributed by atoms with Crippen molar-refractivity contribution >= 4 is 35.9 Å². The SMILES string of the molecule is CCNC(=NCc1cc(C(=O)OC)c(C)o1)N1CCC(OCC)CC1.I. The molecule has 0 radical (unpaired) electrons. The summed E-state index contributed by atoms with van der Waals surface area (Å²) in [5.74, 6) is 1.68. The average molecular weight is 479 g/mol. The molecule has 1 N–H and O–H groups in total. The average Bonchev–Trinajstić information content (AvgIpc) is 3.00. The van der Waals surface area contributed by atoms with E-state index in [2.05, 4.69) is 22.1 Å². The van der Waals surface area contributed by atoms with Gasteiger partial charge in [0.05, 0.1) is 13.2 Å². The number of nitrogens with zero attached hydrogens (tertiary/aromatic N) is 2. The number of rotatable bonds is 6. The Labute approximate surface area is 172 Å². The van der Waals surface area contributed by atoms with Gasteiger partial charge >= 0.3 is 5.97 Å². The lowest BCUT2D eigenvalue weighted by molar-refractivity contribution is 0.0263. The highest BCUT2D eigenvalue weighted by molar-refractivity contribution is 14.0. The molecule has 1 saturated heterocycles. The normalized spacial score (nSPS) is 15.5. The highest BCUT2D eigenvalue weighted by Crippen LogP contribution is 2.17. The van der Waals surface area contributed by atoms with Crippen LogP contribution in [0.2, 0.25) is 0 Å². The number of hydrogen-bond acceptors (Lipinski definition) is 5. The zero-order valence-electron chi connectivity index (χ0n) is 16.0. The minimum absolute atomic E-state index is 0. The van der Waals surface area contributed by atoms with Crippen molar-refractivity contribution in [3.05, 3.63) is 23.2 Å². The number of ether oxygens (including phenoxy) is 2. The molecule has 1 aliphatic heterocycles. The van der Waals surface area contributed by atoms with Crippen molar-refractivity contribution < 1.29 is 18.7 Å². The molecule has 0 saturated carbocycles. The highest BCUT2D eigenvalue weighted by Gasteiger charge is 2.22. The summed E-state index contributed by atoms with van der Waals surface area (Å²) in [6.45, 7) is 9.62. The van der Waals surface area contributed by atoms with Gasteiger partial charge in [-0.05, 0) is 39.7 Å². The molecule has 0 aromatic carbocycles. The van der Waals surface area contributed by atoms with E-state index < -0.39 is 0 Å². The van der Waals surface area contributed by atoms with E-state index in [0.29, 0.717) is 29.7 Å². The molecule has 7 nitrogen and oxygen atoms in total. The Balaban J connectivity index is 0.00000338. The van der Waals surface area contributed by atoms with Crippen LogP contribution in [0.4, 0.5) is 0 Å². The monoisotopic (exact) mass is 479 g/mol. The minimum atomic E-state index is -0.388. The lowest BCUT2D eigenvalue weighted by Gasteiger charge is -2.34. The zero-order chi connectivity index (χ0) is 18.2. The van der Waals surface area contributed by atoms with Crippen molar-refractivity contribution in [2.45, 2.75) is 46.3 Å². The Kier molecular flexibility index (Phi) is 10.0. The summed E-state index contributed by atoms with van der Waals surface area (Å²) in [7, 11) is 1.36. The van der Waals surface area contributed by atoms with E-state index in [1.807, 2.05) is 6.92 Å². The van der Waals surface area contributed by atoms with E-state index in [9.17, 15) is 4.79 Å². The van der Waals surface area contributed by atoms with Gasteiger partial charge < -0.3 is 24.1 Å². The van der Waals surface area contributed by atoms with Gasteiger partial charge in [-0.15, -0.1) is 24.0 Å². The van der Waals surface area contributed by atoms with E-state index in [0.717, 1.165) is 45.0 Å². The fourth-order valence-corrected chi connectivity index (χ4v) is 2.98. The zero-order valence-corrected chi connectivity index (χ0v) is 18.4. The summed E-state index contributed by atoms with van der Waals surface area (Å²) in [5, 5.41) is 3.33. The van der Waals surface area contributed by atoms with Crippen LogP contribution in [0.3, 0.4) is 0 Å². The quantitative estimate of drug-likeness (QED) is 0.293. The molecule has 0 spiro atoms. The van der Waals surface area contributed by atoms with Gasteiger partial charge in [-0.25, -0.2) is 9.79 Å². The molecule has 1 aromatic heterocycles. The molecule has 8 heteroatoms. The molecule has 1 aromatic rings. The largest absolute Gasteiger partial charge is 0.465 e. The first-order valence-electron chi connectivity index (χ1n) is 8.91. The third-order valence-corrected chi connectivity index (χ3v) is 4.24. The lowest BCUT2D eigenvalue weighted by atomic mass is 10.1. The van der Waals surface area contributed by atoms with Crippen LogP contribution in [0.15, 0.2) is 15.5 Å². The van der Waals surface area contributed by atoms with Gasteiger partial charge in [0.1, 0.15) is 23.6 Å². The van der Waals surface area contributed by atoms with Gasteiger partial charge in [0.25, 0.3) is 0 Å². The van der Waals surface area contributed by atoms with Crippen molar-refractivity contribution in [1.82, 2.24) is 10.2 Å². The lowest BCUT2D eigenvalue weighted by Crippen LogP contribution is -2.47. The molecular formula is C18H30IN3O4. The Morgan fingerprint density at radius 3 is 2.65 bits per heavy atom. The molecule has 1 fully saturated rings. The topological polar surface area (TPSA) is 76.3 Å². The maximum absolute atomic E-state index is 11.7. The van der Waals surface area contributed by atoms with Crippen molar-refractivity contribution in [3.63, 3.8) is 0 Å². The summed E-state index contributed by atoms with van der Waals surface area (Å²) >= 11 is 0. The van der Waals surface area contributed by atoms with E-state index in [1.165, 1.54) is 7.11 Å². The second kappa shape index (κ2) is 11.4. The predicted octanol–water partition coefficient (Wildman–Crippen LogP) is 2.96. The number of carbonyl (C=O) groups excluding carboxylic acids is 1. The van der Waals surface area contributed by atoms with Crippen LogP contribution >= 0.6 is 24.0 Å². The maximum atomic E-state index is 11.7. The molecule has 2 rings (SSSR count). The summed E-state index contributed by atoms with van der Waals surface area (Å²) in [5.41, 5.74) is 0.454. The molecule has 1 aliphatic rings. The molecule has 148 valence electrons.